The van der Waals surface area contributed by atoms with Crippen LogP contribution in [-0.4, -0.2) is 17.6 Å². The number of hydrogen-bond donors (Lipinski definition) is 2. The molecule has 1 fully saturated rings. The van der Waals surface area contributed by atoms with E-state index in [1.807, 2.05) is 0 Å². The Morgan fingerprint density at radius 3 is 2.32 bits per heavy atom. The van der Waals surface area contributed by atoms with Gasteiger partial charge in [0.25, 0.3) is 0 Å². The average Bonchev–Trinajstić information content (AvgIpc) is 2.50. The first-order valence-electron chi connectivity index (χ1n) is 7.56. The molecule has 1 atom stereocenters. The van der Waals surface area contributed by atoms with Crippen molar-refractivity contribution in [2.24, 2.45) is 5.92 Å². The molecular weight excluding hydrogens is 295 g/mol. The van der Waals surface area contributed by atoms with Gasteiger partial charge in [-0.15, -0.1) is 0 Å². The maximum absolute atomic E-state index is 13.2. The van der Waals surface area contributed by atoms with Gasteiger partial charge in [-0.25, -0.2) is 13.2 Å². The van der Waals surface area contributed by atoms with Gasteiger partial charge < -0.3 is 10.4 Å². The quantitative estimate of drug-likeness (QED) is 0.820. The van der Waals surface area contributed by atoms with Gasteiger partial charge in [-0.3, -0.25) is 4.79 Å². The van der Waals surface area contributed by atoms with E-state index < -0.39 is 30.1 Å². The molecule has 1 saturated carbocycles. The number of rotatable bonds is 5. The minimum Gasteiger partial charge on any atom is -0.394 e. The van der Waals surface area contributed by atoms with Crippen molar-refractivity contribution in [1.29, 1.82) is 0 Å². The molecule has 3 nitrogen and oxygen atoms in total. The molecule has 2 rings (SSSR count). The van der Waals surface area contributed by atoms with Crippen LogP contribution in [0.5, 0.6) is 0 Å². The highest BCUT2D eigenvalue weighted by Crippen LogP contribution is 2.26. The summed E-state index contributed by atoms with van der Waals surface area (Å²) < 4.78 is 39.4. The van der Waals surface area contributed by atoms with E-state index in [0.717, 1.165) is 37.8 Å². The van der Waals surface area contributed by atoms with E-state index in [4.69, 9.17) is 0 Å². The van der Waals surface area contributed by atoms with Gasteiger partial charge in [0.15, 0.2) is 17.5 Å². The first-order valence-corrected chi connectivity index (χ1v) is 7.56. The summed E-state index contributed by atoms with van der Waals surface area (Å²) >= 11 is 0. The van der Waals surface area contributed by atoms with Crippen LogP contribution in [-0.2, 0) is 4.79 Å². The van der Waals surface area contributed by atoms with Crippen LogP contribution in [0.25, 0.3) is 0 Å². The Morgan fingerprint density at radius 2 is 1.77 bits per heavy atom. The van der Waals surface area contributed by atoms with Crippen molar-refractivity contribution in [3.63, 3.8) is 0 Å². The first-order chi connectivity index (χ1) is 10.5. The number of aliphatic hydroxyl groups is 1. The van der Waals surface area contributed by atoms with Crippen molar-refractivity contribution < 1.29 is 23.1 Å². The van der Waals surface area contributed by atoms with Gasteiger partial charge in [-0.2, -0.15) is 0 Å². The second kappa shape index (κ2) is 7.63. The summed E-state index contributed by atoms with van der Waals surface area (Å²) in [6, 6.07) is 0.640. The van der Waals surface area contributed by atoms with Crippen LogP contribution in [0, 0.1) is 23.4 Å². The van der Waals surface area contributed by atoms with E-state index in [-0.39, 0.29) is 11.5 Å². The number of carbonyl (C=O) groups excluding carboxylic acids is 1. The van der Waals surface area contributed by atoms with Crippen LogP contribution < -0.4 is 5.32 Å². The van der Waals surface area contributed by atoms with Crippen LogP contribution in [0.3, 0.4) is 0 Å². The third-order valence-corrected chi connectivity index (χ3v) is 4.13. The molecule has 1 aliphatic carbocycles. The van der Waals surface area contributed by atoms with Gasteiger partial charge >= 0.3 is 0 Å². The molecule has 0 saturated heterocycles. The highest BCUT2D eigenvalue weighted by Gasteiger charge is 2.21. The molecule has 2 N–H and O–H groups in total. The number of halogens is 3. The van der Waals surface area contributed by atoms with E-state index in [9.17, 15) is 23.1 Å². The number of aliphatic hydroxyl groups excluding tert-OH is 1. The fourth-order valence-corrected chi connectivity index (χ4v) is 2.92. The zero-order valence-electron chi connectivity index (χ0n) is 12.2. The average molecular weight is 315 g/mol. The lowest BCUT2D eigenvalue weighted by molar-refractivity contribution is -0.123. The normalized spacial score (nSPS) is 17.3. The van der Waals surface area contributed by atoms with Gasteiger partial charge in [0, 0.05) is 6.42 Å². The molecule has 0 aliphatic heterocycles. The first kappa shape index (κ1) is 16.8. The van der Waals surface area contributed by atoms with Crippen molar-refractivity contribution >= 4 is 5.91 Å². The van der Waals surface area contributed by atoms with Crippen molar-refractivity contribution in [3.05, 3.63) is 35.1 Å². The number of amides is 1. The summed E-state index contributed by atoms with van der Waals surface area (Å²) in [5, 5.41) is 11.9. The zero-order chi connectivity index (χ0) is 16.1. The zero-order valence-corrected chi connectivity index (χ0v) is 12.2. The molecule has 0 heterocycles. The minimum atomic E-state index is -1.56. The van der Waals surface area contributed by atoms with E-state index in [1.165, 1.54) is 6.42 Å². The molecule has 1 unspecified atom stereocenters. The van der Waals surface area contributed by atoms with E-state index in [0.29, 0.717) is 12.3 Å². The molecule has 122 valence electrons. The third kappa shape index (κ3) is 4.22. The molecule has 6 heteroatoms. The molecule has 0 spiro atoms. The number of nitrogens with one attached hydrogen (secondary N) is 1. The van der Waals surface area contributed by atoms with Gasteiger partial charge in [0.1, 0.15) is 0 Å². The highest BCUT2D eigenvalue weighted by molar-refractivity contribution is 5.76. The molecular formula is C16H20F3NO2. The van der Waals surface area contributed by atoms with Gasteiger partial charge in [0.05, 0.1) is 12.6 Å². The number of hydrogen-bond acceptors (Lipinski definition) is 2. The summed E-state index contributed by atoms with van der Waals surface area (Å²) in [6.07, 6.45) is 5.73. The Bertz CT molecular complexity index is 507. The Hall–Kier alpha value is -1.56. The maximum atomic E-state index is 13.2. The lowest BCUT2D eigenvalue weighted by Crippen LogP contribution is -2.32. The third-order valence-electron chi connectivity index (χ3n) is 4.13. The highest BCUT2D eigenvalue weighted by atomic mass is 19.2. The Morgan fingerprint density at radius 1 is 1.18 bits per heavy atom. The van der Waals surface area contributed by atoms with Gasteiger partial charge in [0.2, 0.25) is 5.91 Å². The lowest BCUT2D eigenvalue weighted by Gasteiger charge is -2.23. The fourth-order valence-electron chi connectivity index (χ4n) is 2.92. The molecule has 0 radical (unpaired) electrons. The summed E-state index contributed by atoms with van der Waals surface area (Å²) in [5.41, 5.74) is 0.0101. The number of benzene rings is 1. The lowest BCUT2D eigenvalue weighted by atomic mass is 9.87. The summed E-state index contributed by atoms with van der Waals surface area (Å²) in [7, 11) is 0. The van der Waals surface area contributed by atoms with E-state index >= 15 is 0 Å². The van der Waals surface area contributed by atoms with Crippen LogP contribution in [0.1, 0.15) is 50.1 Å². The number of carbonyl (C=O) groups is 1. The molecule has 1 aromatic carbocycles. The van der Waals surface area contributed by atoms with Crippen LogP contribution >= 0.6 is 0 Å². The SMILES string of the molecule is O=C(CC1CCCCC1)NC(CO)c1cc(F)c(F)c(F)c1. The second-order valence-corrected chi connectivity index (χ2v) is 5.81. The monoisotopic (exact) mass is 315 g/mol. The molecule has 0 bridgehead atoms. The van der Waals surface area contributed by atoms with Crippen LogP contribution in [0.2, 0.25) is 0 Å². The summed E-state index contributed by atoms with van der Waals surface area (Å²) in [6.45, 7) is -0.513. The largest absolute Gasteiger partial charge is 0.394 e. The Labute approximate surface area is 127 Å². The standard InChI is InChI=1S/C16H20F3NO2/c17-12-7-11(8-13(18)16(12)19)14(9-21)20-15(22)6-10-4-2-1-3-5-10/h7-8,10,14,21H,1-6,9H2,(H,20,22). The van der Waals surface area contributed by atoms with Crippen molar-refractivity contribution in [2.75, 3.05) is 6.61 Å². The van der Waals surface area contributed by atoms with E-state index in [1.54, 1.807) is 0 Å². The predicted octanol–water partition coefficient (Wildman–Crippen LogP) is 3.22. The van der Waals surface area contributed by atoms with Crippen LogP contribution in [0.4, 0.5) is 13.2 Å². The molecule has 1 aromatic rings. The summed E-state index contributed by atoms with van der Waals surface area (Å²) in [5.74, 6) is -4.19. The van der Waals surface area contributed by atoms with Gasteiger partial charge in [-0.1, -0.05) is 19.3 Å². The van der Waals surface area contributed by atoms with Crippen molar-refractivity contribution in [3.8, 4) is 0 Å². The van der Waals surface area contributed by atoms with E-state index in [2.05, 4.69) is 5.32 Å². The molecule has 1 aliphatic rings. The Balaban J connectivity index is 2.00. The fraction of sp³-hybridized carbons (Fsp3) is 0.562. The van der Waals surface area contributed by atoms with Crippen molar-refractivity contribution in [2.45, 2.75) is 44.6 Å². The van der Waals surface area contributed by atoms with Crippen LogP contribution in [0.15, 0.2) is 12.1 Å². The molecule has 1 amide bonds. The Kier molecular flexibility index (Phi) is 5.83. The second-order valence-electron chi connectivity index (χ2n) is 5.81. The molecule has 0 aromatic heterocycles. The smallest absolute Gasteiger partial charge is 0.220 e. The maximum Gasteiger partial charge on any atom is 0.220 e. The topological polar surface area (TPSA) is 49.3 Å². The molecule has 22 heavy (non-hydrogen) atoms. The summed E-state index contributed by atoms with van der Waals surface area (Å²) in [4.78, 5) is 12.0. The predicted molar refractivity (Wildman–Crippen MR) is 75.5 cm³/mol. The van der Waals surface area contributed by atoms with Gasteiger partial charge in [-0.05, 0) is 36.5 Å². The minimum absolute atomic E-state index is 0.0101. The van der Waals surface area contributed by atoms with Crippen molar-refractivity contribution in [1.82, 2.24) is 5.32 Å².